The first kappa shape index (κ1) is 17.9. The van der Waals surface area contributed by atoms with Gasteiger partial charge in [0.15, 0.2) is 0 Å². The van der Waals surface area contributed by atoms with Crippen molar-refractivity contribution in [1.82, 2.24) is 0 Å². The van der Waals surface area contributed by atoms with Crippen LogP contribution in [-0.2, 0) is 0 Å². The number of hydrogen-bond donors (Lipinski definition) is 3. The first-order valence-corrected chi connectivity index (χ1v) is 8.10. The number of carbonyl (C=O) groups is 1. The van der Waals surface area contributed by atoms with Gasteiger partial charge >= 0.3 is 5.97 Å². The molecule has 0 fully saturated rings. The van der Waals surface area contributed by atoms with Crippen LogP contribution < -0.4 is 10.5 Å². The maximum absolute atomic E-state index is 11.8. The lowest BCUT2D eigenvalue weighted by atomic mass is 9.93. The summed E-state index contributed by atoms with van der Waals surface area (Å²) >= 11 is 0. The van der Waals surface area contributed by atoms with Gasteiger partial charge in [0, 0.05) is 22.4 Å². The molecule has 0 bridgehead atoms. The number of anilines is 1. The fraction of sp³-hybridized carbons (Fsp3) is 0.0455. The molecule has 3 aromatic rings. The number of carboxylic acids is 1. The Bertz CT molecular complexity index is 1080. The van der Waals surface area contributed by atoms with Crippen molar-refractivity contribution < 1.29 is 19.7 Å². The fourth-order valence-corrected chi connectivity index (χ4v) is 2.74. The molecule has 3 rings (SSSR count). The highest BCUT2D eigenvalue weighted by atomic mass is 16.5. The van der Waals surface area contributed by atoms with Crippen LogP contribution in [0, 0.1) is 11.8 Å². The number of aromatic hydroxyl groups is 1. The minimum atomic E-state index is -1.10. The number of rotatable bonds is 3. The van der Waals surface area contributed by atoms with Crippen molar-refractivity contribution in [1.29, 1.82) is 0 Å². The lowest BCUT2D eigenvalue weighted by Gasteiger charge is -2.12. The summed E-state index contributed by atoms with van der Waals surface area (Å²) in [5.41, 5.74) is 8.46. The van der Waals surface area contributed by atoms with Crippen LogP contribution >= 0.6 is 0 Å². The second-order valence-electron chi connectivity index (χ2n) is 5.83. The van der Waals surface area contributed by atoms with Crippen LogP contribution in [-0.4, -0.2) is 23.3 Å². The number of aromatic carboxylic acids is 1. The standard InChI is InChI=1S/C22H17NO4/c1-27-19-7-3-5-15(12-19)21-16(11-17(23)13-20(21)22(25)26)9-8-14-4-2-6-18(24)10-14/h2-7,10-13,24H,23H2,1H3,(H,25,26). The number of nitrogens with two attached hydrogens (primary N) is 1. The van der Waals surface area contributed by atoms with Crippen molar-refractivity contribution in [3.63, 3.8) is 0 Å². The molecule has 0 atom stereocenters. The molecule has 0 aliphatic carbocycles. The molecular formula is C22H17NO4. The van der Waals surface area contributed by atoms with Crippen LogP contribution in [0.25, 0.3) is 11.1 Å². The van der Waals surface area contributed by atoms with E-state index >= 15 is 0 Å². The number of hydrogen-bond acceptors (Lipinski definition) is 4. The number of nitrogen functional groups attached to an aromatic ring is 1. The molecule has 0 saturated carbocycles. The lowest BCUT2D eigenvalue weighted by Crippen LogP contribution is -2.04. The van der Waals surface area contributed by atoms with Gasteiger partial charge in [0.05, 0.1) is 12.7 Å². The molecule has 0 aliphatic rings. The number of benzene rings is 3. The zero-order valence-electron chi connectivity index (χ0n) is 14.6. The predicted molar refractivity (Wildman–Crippen MR) is 104 cm³/mol. The highest BCUT2D eigenvalue weighted by molar-refractivity contribution is 5.99. The molecule has 0 radical (unpaired) electrons. The zero-order valence-corrected chi connectivity index (χ0v) is 14.6. The lowest BCUT2D eigenvalue weighted by molar-refractivity contribution is 0.0697. The van der Waals surface area contributed by atoms with Gasteiger partial charge in [0.1, 0.15) is 11.5 Å². The van der Waals surface area contributed by atoms with Crippen molar-refractivity contribution in [3.8, 4) is 34.5 Å². The number of phenolic OH excluding ortho intramolecular Hbond substituents is 1. The summed E-state index contributed by atoms with van der Waals surface area (Å²) in [6, 6.07) is 16.7. The van der Waals surface area contributed by atoms with Crippen molar-refractivity contribution in [2.45, 2.75) is 0 Å². The van der Waals surface area contributed by atoms with Crippen LogP contribution in [0.4, 0.5) is 5.69 Å². The minimum Gasteiger partial charge on any atom is -0.508 e. The molecule has 5 nitrogen and oxygen atoms in total. The second-order valence-corrected chi connectivity index (χ2v) is 5.83. The van der Waals surface area contributed by atoms with Crippen molar-refractivity contribution in [3.05, 3.63) is 77.4 Å². The molecule has 0 amide bonds. The van der Waals surface area contributed by atoms with Crippen molar-refractivity contribution >= 4 is 11.7 Å². The van der Waals surface area contributed by atoms with E-state index in [0.717, 1.165) is 0 Å². The van der Waals surface area contributed by atoms with E-state index in [2.05, 4.69) is 11.8 Å². The topological polar surface area (TPSA) is 92.8 Å². The monoisotopic (exact) mass is 359 g/mol. The molecular weight excluding hydrogens is 342 g/mol. The highest BCUT2D eigenvalue weighted by Gasteiger charge is 2.17. The predicted octanol–water partition coefficient (Wildman–Crippen LogP) is 3.75. The Labute approximate surface area is 156 Å². The third-order valence-corrected chi connectivity index (χ3v) is 3.94. The first-order valence-electron chi connectivity index (χ1n) is 8.10. The smallest absolute Gasteiger partial charge is 0.336 e. The van der Waals surface area contributed by atoms with Crippen LogP contribution in [0.5, 0.6) is 11.5 Å². The largest absolute Gasteiger partial charge is 0.508 e. The number of methoxy groups -OCH3 is 1. The minimum absolute atomic E-state index is 0.0588. The summed E-state index contributed by atoms with van der Waals surface area (Å²) in [4.78, 5) is 11.8. The van der Waals surface area contributed by atoms with E-state index < -0.39 is 5.97 Å². The van der Waals surface area contributed by atoms with Crippen LogP contribution in [0.2, 0.25) is 0 Å². The first-order chi connectivity index (χ1) is 13.0. The SMILES string of the molecule is COc1cccc(-c2c(C#Cc3cccc(O)c3)cc(N)cc2C(=O)O)c1. The van der Waals surface area contributed by atoms with Crippen LogP contribution in [0.15, 0.2) is 60.7 Å². The normalized spacial score (nSPS) is 9.96. The molecule has 27 heavy (non-hydrogen) atoms. The van der Waals surface area contributed by atoms with Gasteiger partial charge in [0.25, 0.3) is 0 Å². The zero-order chi connectivity index (χ0) is 19.4. The molecule has 0 saturated heterocycles. The van der Waals surface area contributed by atoms with Gasteiger partial charge in [-0.15, -0.1) is 0 Å². The van der Waals surface area contributed by atoms with E-state index in [4.69, 9.17) is 10.5 Å². The average molecular weight is 359 g/mol. The number of phenols is 1. The summed E-state index contributed by atoms with van der Waals surface area (Å²) in [6.07, 6.45) is 0. The van der Waals surface area contributed by atoms with Gasteiger partial charge in [-0.05, 0) is 48.0 Å². The van der Waals surface area contributed by atoms with Crippen LogP contribution in [0.3, 0.4) is 0 Å². The molecule has 5 heteroatoms. The summed E-state index contributed by atoms with van der Waals surface area (Å²) in [7, 11) is 1.54. The van der Waals surface area contributed by atoms with E-state index in [1.807, 2.05) is 0 Å². The summed E-state index contributed by atoms with van der Waals surface area (Å²) in [5.74, 6) is 5.54. The second kappa shape index (κ2) is 7.54. The van der Waals surface area contributed by atoms with Crippen molar-refractivity contribution in [2.75, 3.05) is 12.8 Å². The van der Waals surface area contributed by atoms with Crippen molar-refractivity contribution in [2.24, 2.45) is 0 Å². The van der Waals surface area contributed by atoms with Gasteiger partial charge in [0.2, 0.25) is 0 Å². The van der Waals surface area contributed by atoms with Gasteiger partial charge in [-0.2, -0.15) is 0 Å². The van der Waals surface area contributed by atoms with E-state index in [1.54, 1.807) is 55.6 Å². The Morgan fingerprint density at radius 2 is 1.81 bits per heavy atom. The summed E-state index contributed by atoms with van der Waals surface area (Å²) in [6.45, 7) is 0. The molecule has 0 spiro atoms. The molecule has 0 aromatic heterocycles. The molecule has 134 valence electrons. The Hall–Kier alpha value is -3.91. The Balaban J connectivity index is 2.23. The molecule has 4 N–H and O–H groups in total. The Kier molecular flexibility index (Phi) is 5.00. The van der Waals surface area contributed by atoms with Gasteiger partial charge < -0.3 is 20.7 Å². The third kappa shape index (κ3) is 4.02. The van der Waals surface area contributed by atoms with E-state index in [9.17, 15) is 15.0 Å². The van der Waals surface area contributed by atoms with Gasteiger partial charge in [-0.3, -0.25) is 0 Å². The molecule has 3 aromatic carbocycles. The molecule has 0 aliphatic heterocycles. The summed E-state index contributed by atoms with van der Waals surface area (Å²) in [5, 5.41) is 19.2. The number of carboxylic acid groups (broad SMARTS) is 1. The van der Waals surface area contributed by atoms with Crippen LogP contribution in [0.1, 0.15) is 21.5 Å². The van der Waals surface area contributed by atoms with E-state index in [-0.39, 0.29) is 11.3 Å². The third-order valence-electron chi connectivity index (χ3n) is 3.94. The Morgan fingerprint density at radius 3 is 2.52 bits per heavy atom. The Morgan fingerprint density at radius 1 is 1.04 bits per heavy atom. The fourth-order valence-electron chi connectivity index (χ4n) is 2.74. The number of ether oxygens (including phenoxy) is 1. The summed E-state index contributed by atoms with van der Waals surface area (Å²) < 4.78 is 5.25. The van der Waals surface area contributed by atoms with E-state index in [1.165, 1.54) is 12.1 Å². The quantitative estimate of drug-likeness (QED) is 0.489. The molecule has 0 unspecified atom stereocenters. The highest BCUT2D eigenvalue weighted by Crippen LogP contribution is 2.32. The molecule has 0 heterocycles. The van der Waals surface area contributed by atoms with E-state index in [0.29, 0.717) is 33.7 Å². The maximum atomic E-state index is 11.8. The maximum Gasteiger partial charge on any atom is 0.336 e. The van der Waals surface area contributed by atoms with Gasteiger partial charge in [-0.25, -0.2) is 4.79 Å². The van der Waals surface area contributed by atoms with Gasteiger partial charge in [-0.1, -0.05) is 30.0 Å². The average Bonchev–Trinajstić information content (AvgIpc) is 2.66.